The fourth-order valence-corrected chi connectivity index (χ4v) is 1.66. The van der Waals surface area contributed by atoms with E-state index in [0.29, 0.717) is 0 Å². The highest BCUT2D eigenvalue weighted by molar-refractivity contribution is 5.85. The third-order valence-corrected chi connectivity index (χ3v) is 2.77. The van der Waals surface area contributed by atoms with Crippen LogP contribution in [-0.4, -0.2) is 10.2 Å². The van der Waals surface area contributed by atoms with Gasteiger partial charge in [-0.1, -0.05) is 30.3 Å². The van der Waals surface area contributed by atoms with Gasteiger partial charge in [0.15, 0.2) is 0 Å². The van der Waals surface area contributed by atoms with Crippen molar-refractivity contribution in [1.82, 2.24) is 15.5 Å². The summed E-state index contributed by atoms with van der Waals surface area (Å²) in [6.07, 6.45) is 1.77. The van der Waals surface area contributed by atoms with Crippen molar-refractivity contribution < 1.29 is 0 Å². The number of halogens is 1. The Kier molecular flexibility index (Phi) is 4.73. The Labute approximate surface area is 108 Å². The number of benzene rings is 1. The molecule has 1 heterocycles. The van der Waals surface area contributed by atoms with Crippen molar-refractivity contribution in [3.05, 3.63) is 53.9 Å². The van der Waals surface area contributed by atoms with Crippen LogP contribution < -0.4 is 5.32 Å². The van der Waals surface area contributed by atoms with E-state index in [1.54, 1.807) is 6.20 Å². The van der Waals surface area contributed by atoms with Gasteiger partial charge in [0, 0.05) is 24.0 Å². The molecule has 0 aliphatic carbocycles. The smallest absolute Gasteiger partial charge is 0.0490 e. The second-order valence-electron chi connectivity index (χ2n) is 4.43. The summed E-state index contributed by atoms with van der Waals surface area (Å²) in [4.78, 5) is 0. The molecule has 0 amide bonds. The number of hydrogen-bond donors (Lipinski definition) is 2. The molecule has 0 bridgehead atoms. The van der Waals surface area contributed by atoms with Crippen LogP contribution in [0, 0.1) is 0 Å². The lowest BCUT2D eigenvalue weighted by Crippen LogP contribution is -2.35. The van der Waals surface area contributed by atoms with Crippen molar-refractivity contribution in [3.8, 4) is 0 Å². The van der Waals surface area contributed by atoms with Gasteiger partial charge in [-0.25, -0.2) is 0 Å². The molecule has 0 saturated carbocycles. The van der Waals surface area contributed by atoms with Crippen LogP contribution in [-0.2, 0) is 12.1 Å². The van der Waals surface area contributed by atoms with Gasteiger partial charge in [0.05, 0.1) is 0 Å². The second-order valence-corrected chi connectivity index (χ2v) is 4.43. The number of aromatic nitrogens is 2. The first-order valence-electron chi connectivity index (χ1n) is 5.47. The Bertz CT molecular complexity index is 423. The van der Waals surface area contributed by atoms with Gasteiger partial charge in [-0.05, 0) is 25.5 Å². The van der Waals surface area contributed by atoms with Crippen molar-refractivity contribution in [1.29, 1.82) is 0 Å². The van der Waals surface area contributed by atoms with E-state index in [1.165, 1.54) is 5.56 Å². The lowest BCUT2D eigenvalue weighted by atomic mass is 9.94. The Balaban J connectivity index is 0.00000144. The van der Waals surface area contributed by atoms with Crippen molar-refractivity contribution in [2.24, 2.45) is 0 Å². The van der Waals surface area contributed by atoms with Crippen LogP contribution in [0.2, 0.25) is 0 Å². The largest absolute Gasteiger partial charge is 0.302 e. The standard InChI is InChI=1S/C13H17N3.ClH/c1-13(2,11-6-4-3-5-7-11)14-10-12-8-9-15-16-12;/h3-9,14H,10H2,1-2H3,(H,15,16);1H. The Morgan fingerprint density at radius 3 is 2.47 bits per heavy atom. The highest BCUT2D eigenvalue weighted by Gasteiger charge is 2.18. The molecular formula is C13H18ClN3. The molecule has 0 fully saturated rings. The van der Waals surface area contributed by atoms with E-state index >= 15 is 0 Å². The van der Waals surface area contributed by atoms with Gasteiger partial charge >= 0.3 is 0 Å². The van der Waals surface area contributed by atoms with Crippen LogP contribution >= 0.6 is 12.4 Å². The predicted octanol–water partition coefficient (Wildman–Crippen LogP) is 2.86. The summed E-state index contributed by atoms with van der Waals surface area (Å²) < 4.78 is 0. The number of rotatable bonds is 4. The zero-order valence-electron chi connectivity index (χ0n) is 10.1. The predicted molar refractivity (Wildman–Crippen MR) is 72.1 cm³/mol. The summed E-state index contributed by atoms with van der Waals surface area (Å²) in [5, 5.41) is 10.4. The van der Waals surface area contributed by atoms with Crippen LogP contribution in [0.1, 0.15) is 25.1 Å². The highest BCUT2D eigenvalue weighted by atomic mass is 35.5. The van der Waals surface area contributed by atoms with Crippen LogP contribution in [0.4, 0.5) is 0 Å². The average molecular weight is 252 g/mol. The molecule has 3 nitrogen and oxygen atoms in total. The maximum Gasteiger partial charge on any atom is 0.0490 e. The molecule has 0 spiro atoms. The van der Waals surface area contributed by atoms with E-state index in [2.05, 4.69) is 53.6 Å². The Morgan fingerprint density at radius 1 is 1.18 bits per heavy atom. The van der Waals surface area contributed by atoms with E-state index in [9.17, 15) is 0 Å². The molecule has 2 rings (SSSR count). The maximum atomic E-state index is 3.93. The first-order chi connectivity index (χ1) is 7.68. The van der Waals surface area contributed by atoms with Crippen LogP contribution in [0.3, 0.4) is 0 Å². The van der Waals surface area contributed by atoms with Crippen LogP contribution in [0.25, 0.3) is 0 Å². The first kappa shape index (κ1) is 13.7. The first-order valence-corrected chi connectivity index (χ1v) is 5.47. The molecule has 2 aromatic rings. The topological polar surface area (TPSA) is 40.7 Å². The van der Waals surface area contributed by atoms with Crippen molar-refractivity contribution >= 4 is 12.4 Å². The van der Waals surface area contributed by atoms with E-state index < -0.39 is 0 Å². The zero-order chi connectivity index (χ0) is 11.4. The fourth-order valence-electron chi connectivity index (χ4n) is 1.66. The molecule has 0 radical (unpaired) electrons. The molecule has 0 unspecified atom stereocenters. The Hall–Kier alpha value is -1.32. The molecule has 0 saturated heterocycles. The summed E-state index contributed by atoms with van der Waals surface area (Å²) in [7, 11) is 0. The minimum absolute atomic E-state index is 0. The normalized spacial score (nSPS) is 10.9. The van der Waals surface area contributed by atoms with Gasteiger partial charge in [-0.2, -0.15) is 5.10 Å². The number of nitrogens with one attached hydrogen (secondary N) is 2. The number of nitrogens with zero attached hydrogens (tertiary/aromatic N) is 1. The van der Waals surface area contributed by atoms with Crippen LogP contribution in [0.5, 0.6) is 0 Å². The number of H-pyrrole nitrogens is 1. The molecule has 0 aliphatic rings. The number of hydrogen-bond acceptors (Lipinski definition) is 2. The van der Waals surface area contributed by atoms with Crippen molar-refractivity contribution in [2.75, 3.05) is 0 Å². The maximum absolute atomic E-state index is 3.93. The molecule has 4 heteroatoms. The molecule has 1 aromatic carbocycles. The fraction of sp³-hybridized carbons (Fsp3) is 0.308. The molecule has 0 aliphatic heterocycles. The molecule has 92 valence electrons. The molecule has 17 heavy (non-hydrogen) atoms. The van der Waals surface area contributed by atoms with E-state index in [0.717, 1.165) is 12.2 Å². The van der Waals surface area contributed by atoms with Gasteiger partial charge in [-0.3, -0.25) is 5.10 Å². The van der Waals surface area contributed by atoms with Crippen molar-refractivity contribution in [3.63, 3.8) is 0 Å². The van der Waals surface area contributed by atoms with E-state index in [1.807, 2.05) is 12.1 Å². The van der Waals surface area contributed by atoms with Gasteiger partial charge < -0.3 is 5.32 Å². The van der Waals surface area contributed by atoms with Gasteiger partial charge in [0.1, 0.15) is 0 Å². The lowest BCUT2D eigenvalue weighted by molar-refractivity contribution is 0.398. The quantitative estimate of drug-likeness (QED) is 0.877. The minimum atomic E-state index is -0.0353. The van der Waals surface area contributed by atoms with Gasteiger partial charge in [0.25, 0.3) is 0 Å². The van der Waals surface area contributed by atoms with Crippen molar-refractivity contribution in [2.45, 2.75) is 25.9 Å². The third-order valence-electron chi connectivity index (χ3n) is 2.77. The Morgan fingerprint density at radius 2 is 1.88 bits per heavy atom. The summed E-state index contributed by atoms with van der Waals surface area (Å²) in [5.74, 6) is 0. The lowest BCUT2D eigenvalue weighted by Gasteiger charge is -2.26. The molecule has 1 aromatic heterocycles. The SMILES string of the molecule is CC(C)(NCc1ccn[nH]1)c1ccccc1.Cl. The minimum Gasteiger partial charge on any atom is -0.302 e. The number of aromatic amines is 1. The molecule has 0 atom stereocenters. The third kappa shape index (κ3) is 3.58. The summed E-state index contributed by atoms with van der Waals surface area (Å²) >= 11 is 0. The average Bonchev–Trinajstić information content (AvgIpc) is 2.81. The molecule has 2 N–H and O–H groups in total. The highest BCUT2D eigenvalue weighted by Crippen LogP contribution is 2.19. The summed E-state index contributed by atoms with van der Waals surface area (Å²) in [6, 6.07) is 12.4. The van der Waals surface area contributed by atoms with Gasteiger partial charge in [0.2, 0.25) is 0 Å². The molecular weight excluding hydrogens is 234 g/mol. The summed E-state index contributed by atoms with van der Waals surface area (Å²) in [5.41, 5.74) is 2.35. The summed E-state index contributed by atoms with van der Waals surface area (Å²) in [6.45, 7) is 5.15. The zero-order valence-corrected chi connectivity index (χ0v) is 10.9. The van der Waals surface area contributed by atoms with Crippen LogP contribution in [0.15, 0.2) is 42.6 Å². The monoisotopic (exact) mass is 251 g/mol. The van der Waals surface area contributed by atoms with Gasteiger partial charge in [-0.15, -0.1) is 12.4 Å². The second kappa shape index (κ2) is 5.84. The van der Waals surface area contributed by atoms with E-state index in [4.69, 9.17) is 0 Å². The van der Waals surface area contributed by atoms with E-state index in [-0.39, 0.29) is 17.9 Å².